The molecule has 0 N–H and O–H groups in total. The molecule has 2 rings (SSSR count). The van der Waals surface area contributed by atoms with E-state index in [4.69, 9.17) is 9.47 Å². The molecule has 1 aromatic heterocycles. The van der Waals surface area contributed by atoms with E-state index in [1.54, 1.807) is 18.3 Å². The molecule has 1 aromatic carbocycles. The summed E-state index contributed by atoms with van der Waals surface area (Å²) in [5.41, 5.74) is 1.19. The Kier molecular flexibility index (Phi) is 5.21. The number of hydrogen-bond acceptors (Lipinski definition) is 3. The fraction of sp³-hybridized carbons (Fsp3) is 0.267. The van der Waals surface area contributed by atoms with Gasteiger partial charge in [-0.3, -0.25) is 0 Å². The molecular weight excluding hydrogens is 226 g/mol. The summed E-state index contributed by atoms with van der Waals surface area (Å²) in [5, 5.41) is 0. The van der Waals surface area contributed by atoms with E-state index in [0.717, 1.165) is 6.42 Å². The fourth-order valence-corrected chi connectivity index (χ4v) is 1.49. The predicted molar refractivity (Wildman–Crippen MR) is 69.3 cm³/mol. The monoisotopic (exact) mass is 242 g/mol. The van der Waals surface area contributed by atoms with Gasteiger partial charge in [0, 0.05) is 24.8 Å². The maximum absolute atomic E-state index is 5.55. The first kappa shape index (κ1) is 12.6. The van der Waals surface area contributed by atoms with Gasteiger partial charge in [-0.25, -0.2) is 4.98 Å². The van der Waals surface area contributed by atoms with Crippen LogP contribution in [0.4, 0.5) is 0 Å². The standard InChI is InChI=1S/C15H16NO2/c1-2-7-14(8-3-1)13-17-11-6-12-18-15-9-4-5-10-16-15/h1-4,7-10H,6,11-13H2. The van der Waals surface area contributed by atoms with Gasteiger partial charge in [-0.1, -0.05) is 30.3 Å². The normalized spacial score (nSPS) is 10.2. The third-order valence-corrected chi connectivity index (χ3v) is 2.38. The van der Waals surface area contributed by atoms with E-state index < -0.39 is 0 Å². The van der Waals surface area contributed by atoms with Crippen LogP contribution < -0.4 is 4.74 Å². The Balaban J connectivity index is 1.54. The molecule has 3 heteroatoms. The Morgan fingerprint density at radius 3 is 2.72 bits per heavy atom. The van der Waals surface area contributed by atoms with Crippen molar-refractivity contribution in [1.82, 2.24) is 4.98 Å². The zero-order valence-corrected chi connectivity index (χ0v) is 10.2. The molecule has 18 heavy (non-hydrogen) atoms. The average Bonchev–Trinajstić information content (AvgIpc) is 2.45. The minimum Gasteiger partial charge on any atom is -0.478 e. The number of nitrogens with zero attached hydrogens (tertiary/aromatic N) is 1. The fourth-order valence-electron chi connectivity index (χ4n) is 1.49. The highest BCUT2D eigenvalue weighted by molar-refractivity contribution is 5.13. The van der Waals surface area contributed by atoms with Crippen molar-refractivity contribution >= 4 is 0 Å². The predicted octanol–water partition coefficient (Wildman–Crippen LogP) is 2.87. The molecule has 0 saturated carbocycles. The van der Waals surface area contributed by atoms with Gasteiger partial charge in [-0.2, -0.15) is 0 Å². The molecule has 0 saturated heterocycles. The van der Waals surface area contributed by atoms with Crippen LogP contribution in [0.3, 0.4) is 0 Å². The smallest absolute Gasteiger partial charge is 0.213 e. The lowest BCUT2D eigenvalue weighted by atomic mass is 10.2. The third-order valence-electron chi connectivity index (χ3n) is 2.38. The second-order valence-corrected chi connectivity index (χ2v) is 3.84. The van der Waals surface area contributed by atoms with Crippen molar-refractivity contribution in [2.75, 3.05) is 13.2 Å². The van der Waals surface area contributed by atoms with Gasteiger partial charge in [0.25, 0.3) is 0 Å². The Bertz CT molecular complexity index is 387. The summed E-state index contributed by atoms with van der Waals surface area (Å²) in [6, 6.07) is 16.6. The Morgan fingerprint density at radius 1 is 1.06 bits per heavy atom. The number of rotatable bonds is 7. The second kappa shape index (κ2) is 7.45. The lowest BCUT2D eigenvalue weighted by molar-refractivity contribution is 0.106. The van der Waals surface area contributed by atoms with Crippen LogP contribution in [0.1, 0.15) is 12.0 Å². The first-order valence-corrected chi connectivity index (χ1v) is 6.02. The van der Waals surface area contributed by atoms with E-state index >= 15 is 0 Å². The van der Waals surface area contributed by atoms with Gasteiger partial charge < -0.3 is 9.47 Å². The van der Waals surface area contributed by atoms with E-state index in [1.807, 2.05) is 18.2 Å². The van der Waals surface area contributed by atoms with Gasteiger partial charge in [0.1, 0.15) is 0 Å². The molecule has 0 aliphatic rings. The summed E-state index contributed by atoms with van der Waals surface area (Å²) >= 11 is 0. The van der Waals surface area contributed by atoms with Crippen molar-refractivity contribution in [3.8, 4) is 5.88 Å². The zero-order valence-electron chi connectivity index (χ0n) is 10.2. The Hall–Kier alpha value is -1.87. The maximum atomic E-state index is 5.55. The highest BCUT2D eigenvalue weighted by atomic mass is 16.5. The molecule has 0 bridgehead atoms. The summed E-state index contributed by atoms with van der Waals surface area (Å²) in [7, 11) is 0. The third kappa shape index (κ3) is 4.55. The molecule has 2 aromatic rings. The first-order chi connectivity index (χ1) is 8.95. The van der Waals surface area contributed by atoms with E-state index in [-0.39, 0.29) is 0 Å². The minimum absolute atomic E-state index is 0.617. The number of pyridine rings is 1. The van der Waals surface area contributed by atoms with Crippen molar-refractivity contribution in [3.05, 3.63) is 60.3 Å². The summed E-state index contributed by atoms with van der Waals surface area (Å²) in [6.07, 6.45) is 2.45. The molecule has 1 heterocycles. The molecule has 0 aliphatic carbocycles. The first-order valence-electron chi connectivity index (χ1n) is 6.02. The van der Waals surface area contributed by atoms with Gasteiger partial charge in [0.2, 0.25) is 5.88 Å². The van der Waals surface area contributed by atoms with E-state index in [1.165, 1.54) is 5.56 Å². The topological polar surface area (TPSA) is 31.4 Å². The molecule has 0 fully saturated rings. The molecule has 1 radical (unpaired) electrons. The van der Waals surface area contributed by atoms with Crippen LogP contribution in [0, 0.1) is 6.07 Å². The SMILES string of the molecule is [c]1ccc(OCCCOCc2ccccc2)nc1. The minimum atomic E-state index is 0.617. The largest absolute Gasteiger partial charge is 0.478 e. The Morgan fingerprint density at radius 2 is 1.94 bits per heavy atom. The molecule has 0 amide bonds. The number of aromatic nitrogens is 1. The van der Waals surface area contributed by atoms with Crippen molar-refractivity contribution < 1.29 is 9.47 Å². The van der Waals surface area contributed by atoms with E-state index in [0.29, 0.717) is 25.7 Å². The quantitative estimate of drug-likeness (QED) is 0.700. The van der Waals surface area contributed by atoms with E-state index in [9.17, 15) is 0 Å². The van der Waals surface area contributed by atoms with Crippen molar-refractivity contribution in [2.24, 2.45) is 0 Å². The van der Waals surface area contributed by atoms with Crippen LogP contribution in [-0.2, 0) is 11.3 Å². The molecule has 0 aliphatic heterocycles. The molecule has 3 nitrogen and oxygen atoms in total. The van der Waals surface area contributed by atoms with E-state index in [2.05, 4.69) is 23.2 Å². The summed E-state index contributed by atoms with van der Waals surface area (Å²) < 4.78 is 11.0. The molecule has 93 valence electrons. The van der Waals surface area contributed by atoms with Crippen molar-refractivity contribution in [2.45, 2.75) is 13.0 Å². The Labute approximate surface area is 107 Å². The summed E-state index contributed by atoms with van der Waals surface area (Å²) in [4.78, 5) is 4.03. The number of hydrogen-bond donors (Lipinski definition) is 0. The van der Waals surface area contributed by atoms with Gasteiger partial charge in [0.05, 0.1) is 19.8 Å². The van der Waals surface area contributed by atoms with Gasteiger partial charge in [-0.05, 0) is 11.6 Å². The van der Waals surface area contributed by atoms with Gasteiger partial charge in [-0.15, -0.1) is 0 Å². The van der Waals surface area contributed by atoms with Crippen LogP contribution in [-0.4, -0.2) is 18.2 Å². The van der Waals surface area contributed by atoms with Crippen LogP contribution in [0.2, 0.25) is 0 Å². The molecule has 0 unspecified atom stereocenters. The summed E-state index contributed by atoms with van der Waals surface area (Å²) in [5.74, 6) is 0.636. The van der Waals surface area contributed by atoms with Crippen molar-refractivity contribution in [3.63, 3.8) is 0 Å². The van der Waals surface area contributed by atoms with Gasteiger partial charge in [0.15, 0.2) is 0 Å². The number of ether oxygens (including phenoxy) is 2. The molecule has 0 atom stereocenters. The lowest BCUT2D eigenvalue weighted by Crippen LogP contribution is -2.03. The van der Waals surface area contributed by atoms with Crippen LogP contribution in [0.25, 0.3) is 0 Å². The van der Waals surface area contributed by atoms with Crippen LogP contribution in [0.15, 0.2) is 48.7 Å². The van der Waals surface area contributed by atoms with Crippen molar-refractivity contribution in [1.29, 1.82) is 0 Å². The van der Waals surface area contributed by atoms with Crippen LogP contribution in [0.5, 0.6) is 5.88 Å². The molecule has 0 spiro atoms. The molecular formula is C15H16NO2. The number of benzene rings is 1. The lowest BCUT2D eigenvalue weighted by Gasteiger charge is -2.06. The maximum Gasteiger partial charge on any atom is 0.213 e. The zero-order chi connectivity index (χ0) is 12.5. The second-order valence-electron chi connectivity index (χ2n) is 3.84. The van der Waals surface area contributed by atoms with Crippen LogP contribution >= 0.6 is 0 Å². The van der Waals surface area contributed by atoms with Gasteiger partial charge >= 0.3 is 0 Å². The summed E-state index contributed by atoms with van der Waals surface area (Å²) in [6.45, 7) is 1.96. The highest BCUT2D eigenvalue weighted by Crippen LogP contribution is 2.04. The highest BCUT2D eigenvalue weighted by Gasteiger charge is 1.94. The average molecular weight is 242 g/mol.